The zero-order valence-electron chi connectivity index (χ0n) is 9.82. The van der Waals surface area contributed by atoms with Crippen LogP contribution >= 0.6 is 0 Å². The van der Waals surface area contributed by atoms with Crippen molar-refractivity contribution in [3.63, 3.8) is 0 Å². The summed E-state index contributed by atoms with van der Waals surface area (Å²) in [5, 5.41) is 0. The van der Waals surface area contributed by atoms with Crippen LogP contribution in [0.15, 0.2) is 0 Å². The molecule has 0 spiro atoms. The highest BCUT2D eigenvalue weighted by molar-refractivity contribution is 5.71. The Labute approximate surface area is 91.3 Å². The Kier molecular flexibility index (Phi) is 9.46. The molecule has 0 fully saturated rings. The highest BCUT2D eigenvalue weighted by Crippen LogP contribution is 1.93. The summed E-state index contributed by atoms with van der Waals surface area (Å²) in [6, 6.07) is 0. The molecule has 0 amide bonds. The normalized spacial score (nSPS) is 10.7. The predicted octanol–water partition coefficient (Wildman–Crippen LogP) is 0.144. The van der Waals surface area contributed by atoms with E-state index < -0.39 is 0 Å². The van der Waals surface area contributed by atoms with Crippen LogP contribution in [0.4, 0.5) is 0 Å². The van der Waals surface area contributed by atoms with Gasteiger partial charge in [0, 0.05) is 33.9 Å². The third-order valence-electron chi connectivity index (χ3n) is 2.01. The van der Waals surface area contributed by atoms with Crippen LogP contribution in [0.2, 0.25) is 0 Å². The summed E-state index contributed by atoms with van der Waals surface area (Å²) < 4.78 is 14.5. The fourth-order valence-corrected chi connectivity index (χ4v) is 1.17. The smallest absolute Gasteiger partial charge is 0.319 e. The molecular weight excluding hydrogens is 198 g/mol. The topological polar surface area (TPSA) is 48.0 Å². The Morgan fingerprint density at radius 3 is 2.27 bits per heavy atom. The van der Waals surface area contributed by atoms with E-state index in [4.69, 9.17) is 9.47 Å². The van der Waals surface area contributed by atoms with Crippen molar-refractivity contribution in [2.45, 2.75) is 6.42 Å². The Bertz CT molecular complexity index is 164. The molecule has 0 aliphatic carbocycles. The lowest BCUT2D eigenvalue weighted by Crippen LogP contribution is -2.34. The average Bonchev–Trinajstić information content (AvgIpc) is 2.25. The minimum atomic E-state index is -0.219. The molecule has 0 aromatic rings. The van der Waals surface area contributed by atoms with Crippen molar-refractivity contribution in [3.05, 3.63) is 0 Å². The van der Waals surface area contributed by atoms with Gasteiger partial charge in [-0.2, -0.15) is 0 Å². The molecule has 90 valence electrons. The van der Waals surface area contributed by atoms with E-state index in [1.165, 1.54) is 7.11 Å². The largest absolute Gasteiger partial charge is 0.468 e. The minimum Gasteiger partial charge on any atom is -0.468 e. The first kappa shape index (κ1) is 14.3. The second kappa shape index (κ2) is 9.89. The molecule has 15 heavy (non-hydrogen) atoms. The molecule has 0 aliphatic heterocycles. The molecule has 0 saturated heterocycles. The molecule has 5 nitrogen and oxygen atoms in total. The number of methoxy groups -OCH3 is 3. The van der Waals surface area contributed by atoms with Gasteiger partial charge >= 0.3 is 5.97 Å². The zero-order chi connectivity index (χ0) is 11.5. The number of hydrogen-bond acceptors (Lipinski definition) is 5. The molecule has 0 aromatic carbocycles. The molecule has 0 heterocycles. The summed E-state index contributed by atoms with van der Waals surface area (Å²) in [6.07, 6.45) is 0.900. The van der Waals surface area contributed by atoms with E-state index in [1.807, 2.05) is 4.90 Å². The summed E-state index contributed by atoms with van der Waals surface area (Å²) in [4.78, 5) is 13.1. The van der Waals surface area contributed by atoms with Crippen molar-refractivity contribution in [1.82, 2.24) is 4.90 Å². The predicted molar refractivity (Wildman–Crippen MR) is 56.8 cm³/mol. The van der Waals surface area contributed by atoms with Crippen LogP contribution in [0.5, 0.6) is 0 Å². The van der Waals surface area contributed by atoms with E-state index in [9.17, 15) is 4.79 Å². The van der Waals surface area contributed by atoms with Crippen LogP contribution in [0.3, 0.4) is 0 Å². The van der Waals surface area contributed by atoms with Crippen molar-refractivity contribution in [2.24, 2.45) is 0 Å². The van der Waals surface area contributed by atoms with Gasteiger partial charge in [-0.1, -0.05) is 0 Å². The van der Waals surface area contributed by atoms with Gasteiger partial charge in [0.25, 0.3) is 0 Å². The van der Waals surface area contributed by atoms with Crippen molar-refractivity contribution in [1.29, 1.82) is 0 Å². The number of rotatable bonds is 9. The minimum absolute atomic E-state index is 0.219. The molecule has 0 rings (SSSR count). The Balaban J connectivity index is 3.77. The first-order chi connectivity index (χ1) is 7.24. The molecule has 0 saturated carbocycles. The van der Waals surface area contributed by atoms with Gasteiger partial charge in [-0.25, -0.2) is 0 Å². The number of nitrogens with zero attached hydrogens (tertiary/aromatic N) is 1. The first-order valence-corrected chi connectivity index (χ1v) is 5.01. The number of carbonyl (C=O) groups excluding carboxylic acids is 1. The quantitative estimate of drug-likeness (QED) is 0.408. The van der Waals surface area contributed by atoms with Crippen LogP contribution in [0, 0.1) is 0 Å². The number of hydrogen-bond donors (Lipinski definition) is 0. The standard InChI is InChI=1S/C10H21NO4/c1-13-7-4-5-11(6-8-14-2)9-10(12)15-3/h4-9H2,1-3H3. The molecule has 0 bridgehead atoms. The van der Waals surface area contributed by atoms with E-state index >= 15 is 0 Å². The molecule has 0 aromatic heterocycles. The van der Waals surface area contributed by atoms with Crippen molar-refractivity contribution < 1.29 is 19.0 Å². The van der Waals surface area contributed by atoms with Crippen molar-refractivity contribution in [2.75, 3.05) is 54.2 Å². The monoisotopic (exact) mass is 219 g/mol. The van der Waals surface area contributed by atoms with Gasteiger partial charge in [0.2, 0.25) is 0 Å². The van der Waals surface area contributed by atoms with Gasteiger partial charge in [-0.05, 0) is 6.42 Å². The van der Waals surface area contributed by atoms with Gasteiger partial charge in [0.15, 0.2) is 0 Å². The van der Waals surface area contributed by atoms with Gasteiger partial charge in [-0.15, -0.1) is 0 Å². The molecule has 0 aliphatic rings. The van der Waals surface area contributed by atoms with E-state index in [1.54, 1.807) is 14.2 Å². The lowest BCUT2D eigenvalue weighted by atomic mass is 10.4. The van der Waals surface area contributed by atoms with Crippen molar-refractivity contribution in [3.8, 4) is 0 Å². The fraction of sp³-hybridized carbons (Fsp3) is 0.900. The molecule has 0 radical (unpaired) electrons. The van der Waals surface area contributed by atoms with Gasteiger partial charge < -0.3 is 14.2 Å². The maximum Gasteiger partial charge on any atom is 0.319 e. The first-order valence-electron chi connectivity index (χ1n) is 5.01. The summed E-state index contributed by atoms with van der Waals surface area (Å²) in [5.41, 5.74) is 0. The number of ether oxygens (including phenoxy) is 3. The van der Waals surface area contributed by atoms with Gasteiger partial charge in [0.05, 0.1) is 20.3 Å². The Morgan fingerprint density at radius 1 is 1.07 bits per heavy atom. The maximum atomic E-state index is 11.1. The van der Waals surface area contributed by atoms with Crippen LogP contribution < -0.4 is 0 Å². The van der Waals surface area contributed by atoms with Crippen LogP contribution in [-0.2, 0) is 19.0 Å². The van der Waals surface area contributed by atoms with Crippen LogP contribution in [0.1, 0.15) is 6.42 Å². The van der Waals surface area contributed by atoms with Gasteiger partial charge in [0.1, 0.15) is 0 Å². The maximum absolute atomic E-state index is 11.1. The summed E-state index contributed by atoms with van der Waals surface area (Å²) in [5.74, 6) is -0.219. The zero-order valence-corrected chi connectivity index (χ0v) is 9.82. The van der Waals surface area contributed by atoms with Gasteiger partial charge in [-0.3, -0.25) is 9.69 Å². The third kappa shape index (κ3) is 8.35. The average molecular weight is 219 g/mol. The molecule has 0 unspecified atom stereocenters. The van der Waals surface area contributed by atoms with Crippen molar-refractivity contribution >= 4 is 5.97 Å². The van der Waals surface area contributed by atoms with E-state index in [0.717, 1.165) is 19.5 Å². The Hall–Kier alpha value is -0.650. The summed E-state index contributed by atoms with van der Waals surface area (Å²) in [6.45, 7) is 3.17. The number of carbonyl (C=O) groups is 1. The summed E-state index contributed by atoms with van der Waals surface area (Å²) in [7, 11) is 4.71. The summed E-state index contributed by atoms with van der Waals surface area (Å²) >= 11 is 0. The Morgan fingerprint density at radius 2 is 1.73 bits per heavy atom. The van der Waals surface area contributed by atoms with E-state index in [0.29, 0.717) is 19.8 Å². The third-order valence-corrected chi connectivity index (χ3v) is 2.01. The highest BCUT2D eigenvalue weighted by Gasteiger charge is 2.09. The van der Waals surface area contributed by atoms with Crippen LogP contribution in [0.25, 0.3) is 0 Å². The molecule has 0 N–H and O–H groups in total. The van der Waals surface area contributed by atoms with E-state index in [-0.39, 0.29) is 5.97 Å². The number of esters is 1. The second-order valence-electron chi connectivity index (χ2n) is 3.19. The molecule has 5 heteroatoms. The lowest BCUT2D eigenvalue weighted by Gasteiger charge is -2.20. The lowest BCUT2D eigenvalue weighted by molar-refractivity contribution is -0.142. The van der Waals surface area contributed by atoms with E-state index in [2.05, 4.69) is 4.74 Å². The highest BCUT2D eigenvalue weighted by atomic mass is 16.5. The second-order valence-corrected chi connectivity index (χ2v) is 3.19. The SMILES string of the molecule is COCCCN(CCOC)CC(=O)OC. The fourth-order valence-electron chi connectivity index (χ4n) is 1.17. The van der Waals surface area contributed by atoms with Crippen LogP contribution in [-0.4, -0.2) is 65.0 Å². The molecule has 0 atom stereocenters. The molecular formula is C10H21NO4.